The second kappa shape index (κ2) is 8.86. The Balaban J connectivity index is 1.82. The third kappa shape index (κ3) is 5.49. The van der Waals surface area contributed by atoms with Crippen LogP contribution in [0.25, 0.3) is 0 Å². The molecule has 0 bridgehead atoms. The molecule has 0 spiro atoms. The van der Waals surface area contributed by atoms with Crippen LogP contribution in [0.2, 0.25) is 0 Å². The quantitative estimate of drug-likeness (QED) is 0.604. The summed E-state index contributed by atoms with van der Waals surface area (Å²) in [6.45, 7) is 11.4. The van der Waals surface area contributed by atoms with Crippen molar-refractivity contribution >= 4 is 5.96 Å². The van der Waals surface area contributed by atoms with Gasteiger partial charge in [0.15, 0.2) is 5.96 Å². The molecule has 2 N–H and O–H groups in total. The third-order valence-electron chi connectivity index (χ3n) is 4.53. The first-order valence-electron chi connectivity index (χ1n) is 8.69. The number of piperidine rings is 1. The van der Waals surface area contributed by atoms with Crippen molar-refractivity contribution in [2.45, 2.75) is 46.2 Å². The van der Waals surface area contributed by atoms with Gasteiger partial charge in [-0.25, -0.2) is 9.98 Å². The zero-order valence-electron chi connectivity index (χ0n) is 14.9. The fourth-order valence-electron chi connectivity index (χ4n) is 2.80. The fraction of sp³-hybridized carbons (Fsp3) is 0.812. The minimum Gasteiger partial charge on any atom is -0.357 e. The van der Waals surface area contributed by atoms with Gasteiger partial charge in [-0.05, 0) is 45.7 Å². The maximum Gasteiger partial charge on any atom is 0.191 e. The van der Waals surface area contributed by atoms with Gasteiger partial charge in [0.25, 0.3) is 0 Å². The van der Waals surface area contributed by atoms with Crippen LogP contribution in [0.1, 0.15) is 39.4 Å². The van der Waals surface area contributed by atoms with E-state index in [0.717, 1.165) is 30.8 Å². The van der Waals surface area contributed by atoms with E-state index in [2.05, 4.69) is 51.4 Å². The molecular formula is C16H31N7. The predicted molar refractivity (Wildman–Crippen MR) is 93.3 cm³/mol. The van der Waals surface area contributed by atoms with Gasteiger partial charge in [-0.3, -0.25) is 9.58 Å². The van der Waals surface area contributed by atoms with Gasteiger partial charge in [-0.2, -0.15) is 5.10 Å². The number of guanidine groups is 1. The van der Waals surface area contributed by atoms with Gasteiger partial charge in [-0.1, -0.05) is 6.92 Å². The molecule has 1 saturated heterocycles. The van der Waals surface area contributed by atoms with Crippen LogP contribution in [0.5, 0.6) is 0 Å². The maximum atomic E-state index is 4.60. The highest BCUT2D eigenvalue weighted by atomic mass is 15.3. The summed E-state index contributed by atoms with van der Waals surface area (Å²) in [5.74, 6) is 2.57. The normalized spacial score (nSPS) is 18.9. The highest BCUT2D eigenvalue weighted by molar-refractivity contribution is 5.79. The minimum atomic E-state index is 0.515. The van der Waals surface area contributed by atoms with Gasteiger partial charge in [0.05, 0.1) is 0 Å². The van der Waals surface area contributed by atoms with Gasteiger partial charge < -0.3 is 10.6 Å². The Morgan fingerprint density at radius 3 is 2.74 bits per heavy atom. The summed E-state index contributed by atoms with van der Waals surface area (Å²) in [6.07, 6.45) is 4.18. The molecular weight excluding hydrogens is 290 g/mol. The lowest BCUT2D eigenvalue weighted by Crippen LogP contribution is -2.48. The van der Waals surface area contributed by atoms with Crippen molar-refractivity contribution in [1.29, 1.82) is 0 Å². The zero-order valence-corrected chi connectivity index (χ0v) is 14.9. The molecule has 0 saturated carbocycles. The molecule has 0 aliphatic carbocycles. The van der Waals surface area contributed by atoms with Crippen LogP contribution in [0.3, 0.4) is 0 Å². The highest BCUT2D eigenvalue weighted by Gasteiger charge is 2.20. The lowest BCUT2D eigenvalue weighted by Gasteiger charge is -2.35. The first-order chi connectivity index (χ1) is 11.1. The third-order valence-corrected chi connectivity index (χ3v) is 4.53. The maximum absolute atomic E-state index is 4.60. The molecule has 0 amide bonds. The summed E-state index contributed by atoms with van der Waals surface area (Å²) in [7, 11) is 1.89. The number of likely N-dealkylation sites (tertiary alicyclic amines) is 1. The molecule has 1 aromatic rings. The molecule has 7 heteroatoms. The van der Waals surface area contributed by atoms with Gasteiger partial charge >= 0.3 is 0 Å². The first kappa shape index (κ1) is 17.7. The van der Waals surface area contributed by atoms with Crippen LogP contribution in [0.15, 0.2) is 11.3 Å². The average Bonchev–Trinajstić information content (AvgIpc) is 2.95. The Bertz CT molecular complexity index is 488. The number of nitrogens with one attached hydrogen (secondary N) is 2. The van der Waals surface area contributed by atoms with Crippen molar-refractivity contribution in [1.82, 2.24) is 30.3 Å². The predicted octanol–water partition coefficient (Wildman–Crippen LogP) is 0.991. The lowest BCUT2D eigenvalue weighted by molar-refractivity contribution is 0.147. The second-order valence-electron chi connectivity index (χ2n) is 6.44. The molecule has 1 atom stereocenters. The van der Waals surface area contributed by atoms with Crippen molar-refractivity contribution in [2.24, 2.45) is 18.0 Å². The fourth-order valence-corrected chi connectivity index (χ4v) is 2.80. The lowest BCUT2D eigenvalue weighted by atomic mass is 9.98. The summed E-state index contributed by atoms with van der Waals surface area (Å²) >= 11 is 0. The van der Waals surface area contributed by atoms with Crippen LogP contribution in [-0.4, -0.2) is 57.8 Å². The van der Waals surface area contributed by atoms with Crippen LogP contribution in [-0.2, 0) is 13.6 Å². The molecule has 1 fully saturated rings. The second-order valence-corrected chi connectivity index (χ2v) is 6.44. The first-order valence-corrected chi connectivity index (χ1v) is 8.69. The van der Waals surface area contributed by atoms with Crippen molar-refractivity contribution in [2.75, 3.05) is 26.2 Å². The van der Waals surface area contributed by atoms with E-state index in [1.165, 1.54) is 25.9 Å². The van der Waals surface area contributed by atoms with Crippen LogP contribution >= 0.6 is 0 Å². The van der Waals surface area contributed by atoms with Gasteiger partial charge in [0.1, 0.15) is 18.7 Å². The van der Waals surface area contributed by atoms with Crippen molar-refractivity contribution in [3.05, 3.63) is 12.2 Å². The highest BCUT2D eigenvalue weighted by Crippen LogP contribution is 2.17. The van der Waals surface area contributed by atoms with Crippen LogP contribution in [0.4, 0.5) is 0 Å². The Morgan fingerprint density at radius 1 is 1.39 bits per heavy atom. The Morgan fingerprint density at radius 2 is 2.13 bits per heavy atom. The van der Waals surface area contributed by atoms with Gasteiger partial charge in [-0.15, -0.1) is 0 Å². The number of aromatic nitrogens is 3. The summed E-state index contributed by atoms with van der Waals surface area (Å²) < 4.78 is 1.75. The van der Waals surface area contributed by atoms with E-state index in [-0.39, 0.29) is 0 Å². The molecule has 0 aromatic carbocycles. The largest absolute Gasteiger partial charge is 0.357 e. The smallest absolute Gasteiger partial charge is 0.191 e. The Labute approximate surface area is 139 Å². The molecule has 1 aliphatic rings. The monoisotopic (exact) mass is 321 g/mol. The van der Waals surface area contributed by atoms with E-state index < -0.39 is 0 Å². The van der Waals surface area contributed by atoms with Gasteiger partial charge in [0, 0.05) is 26.2 Å². The van der Waals surface area contributed by atoms with E-state index in [1.54, 1.807) is 11.0 Å². The minimum absolute atomic E-state index is 0.515. The van der Waals surface area contributed by atoms with Crippen molar-refractivity contribution < 1.29 is 0 Å². The van der Waals surface area contributed by atoms with E-state index in [1.807, 2.05) is 7.05 Å². The van der Waals surface area contributed by atoms with Gasteiger partial charge in [0.2, 0.25) is 0 Å². The molecule has 130 valence electrons. The Kier molecular flexibility index (Phi) is 6.83. The summed E-state index contributed by atoms with van der Waals surface area (Å²) in [6, 6.07) is 0.515. The van der Waals surface area contributed by atoms with Crippen molar-refractivity contribution in [3.8, 4) is 0 Å². The molecule has 0 radical (unpaired) electrons. The van der Waals surface area contributed by atoms with E-state index >= 15 is 0 Å². The molecule has 1 aliphatic heterocycles. The van der Waals surface area contributed by atoms with Crippen LogP contribution < -0.4 is 10.6 Å². The molecule has 7 nitrogen and oxygen atoms in total. The molecule has 2 heterocycles. The van der Waals surface area contributed by atoms with Crippen LogP contribution in [0, 0.1) is 5.92 Å². The van der Waals surface area contributed by atoms with E-state index in [0.29, 0.717) is 12.6 Å². The zero-order chi connectivity index (χ0) is 16.7. The summed E-state index contributed by atoms with van der Waals surface area (Å²) in [5, 5.41) is 10.8. The van der Waals surface area contributed by atoms with E-state index in [9.17, 15) is 0 Å². The number of rotatable bonds is 6. The molecule has 1 aromatic heterocycles. The molecule has 23 heavy (non-hydrogen) atoms. The average molecular weight is 321 g/mol. The molecule has 1 unspecified atom stereocenters. The number of aliphatic imine (C=N–C) groups is 1. The standard InChI is InChI=1S/C16H31N7/c1-5-17-16(19-11-15-20-12-21-22(15)4)18-10-14(3)23-8-6-13(2)7-9-23/h12-14H,5-11H2,1-4H3,(H2,17,18,19). The number of hydrogen-bond acceptors (Lipinski definition) is 4. The number of nitrogens with zero attached hydrogens (tertiary/aromatic N) is 5. The summed E-state index contributed by atoms with van der Waals surface area (Å²) in [5.41, 5.74) is 0. The summed E-state index contributed by atoms with van der Waals surface area (Å²) in [4.78, 5) is 11.4. The SMILES string of the molecule is CCNC(=NCc1ncnn1C)NCC(C)N1CCC(C)CC1. The Hall–Kier alpha value is -1.63. The number of hydrogen-bond donors (Lipinski definition) is 2. The number of aryl methyl sites for hydroxylation is 1. The topological polar surface area (TPSA) is 70.4 Å². The molecule has 2 rings (SSSR count). The van der Waals surface area contributed by atoms with E-state index in [4.69, 9.17) is 0 Å². The van der Waals surface area contributed by atoms with Crippen molar-refractivity contribution in [3.63, 3.8) is 0 Å².